The minimum absolute atomic E-state index is 0.150. The summed E-state index contributed by atoms with van der Waals surface area (Å²) >= 11 is 3.35. The Labute approximate surface area is 113 Å². The van der Waals surface area contributed by atoms with Gasteiger partial charge >= 0.3 is 5.97 Å². The Morgan fingerprint density at radius 3 is 2.83 bits per heavy atom. The van der Waals surface area contributed by atoms with Crippen molar-refractivity contribution in [3.8, 4) is 0 Å². The van der Waals surface area contributed by atoms with Gasteiger partial charge in [-0.3, -0.25) is 4.79 Å². The predicted molar refractivity (Wildman–Crippen MR) is 70.0 cm³/mol. The van der Waals surface area contributed by atoms with E-state index in [-0.39, 0.29) is 17.9 Å². The van der Waals surface area contributed by atoms with E-state index in [0.717, 1.165) is 10.0 Å². The molecule has 5 heteroatoms. The number of benzene rings is 1. The molecule has 0 fully saturated rings. The van der Waals surface area contributed by atoms with Gasteiger partial charge in [0.15, 0.2) is 0 Å². The highest BCUT2D eigenvalue weighted by Gasteiger charge is 2.31. The highest BCUT2D eigenvalue weighted by atomic mass is 79.9. The third-order valence-corrected chi connectivity index (χ3v) is 3.44. The van der Waals surface area contributed by atoms with Crippen LogP contribution < -0.4 is 5.32 Å². The Morgan fingerprint density at radius 1 is 1.50 bits per heavy atom. The molecule has 0 aromatic heterocycles. The molecule has 2 N–H and O–H groups in total. The summed E-state index contributed by atoms with van der Waals surface area (Å²) in [5.74, 6) is -1.53. The molecule has 1 amide bonds. The molecule has 1 atom stereocenters. The molecule has 2 rings (SSSR count). The van der Waals surface area contributed by atoms with Crippen molar-refractivity contribution in [1.29, 1.82) is 0 Å². The summed E-state index contributed by atoms with van der Waals surface area (Å²) in [7, 11) is 0. The van der Waals surface area contributed by atoms with Crippen LogP contribution in [0.25, 0.3) is 0 Å². The molecule has 1 heterocycles. The van der Waals surface area contributed by atoms with Gasteiger partial charge in [-0.2, -0.15) is 0 Å². The summed E-state index contributed by atoms with van der Waals surface area (Å²) < 4.78 is 0.869. The van der Waals surface area contributed by atoms with E-state index in [1.165, 1.54) is 0 Å². The molecule has 1 aromatic carbocycles. The number of carbonyl (C=O) groups is 2. The first kappa shape index (κ1) is 12.8. The van der Waals surface area contributed by atoms with Crippen molar-refractivity contribution >= 4 is 27.8 Å². The topological polar surface area (TPSA) is 66.4 Å². The van der Waals surface area contributed by atoms with Gasteiger partial charge in [0.25, 0.3) is 0 Å². The normalized spacial score (nSPS) is 19.7. The fraction of sp³-hybridized carbons (Fsp3) is 0.231. The third-order valence-electron chi connectivity index (χ3n) is 2.95. The zero-order chi connectivity index (χ0) is 13.3. The van der Waals surface area contributed by atoms with Crippen molar-refractivity contribution in [1.82, 2.24) is 5.32 Å². The van der Waals surface area contributed by atoms with Crippen molar-refractivity contribution in [2.24, 2.45) is 0 Å². The Kier molecular flexibility index (Phi) is 3.52. The second kappa shape index (κ2) is 4.94. The maximum absolute atomic E-state index is 11.6. The van der Waals surface area contributed by atoms with Gasteiger partial charge in [0.1, 0.15) is 0 Å². The molecule has 1 aromatic rings. The largest absolute Gasteiger partial charge is 0.478 e. The Morgan fingerprint density at radius 2 is 2.22 bits per heavy atom. The van der Waals surface area contributed by atoms with Gasteiger partial charge < -0.3 is 10.4 Å². The number of rotatable bonds is 2. The zero-order valence-electron chi connectivity index (χ0n) is 9.74. The van der Waals surface area contributed by atoms with E-state index in [0.29, 0.717) is 5.70 Å². The Bertz CT molecular complexity index is 551. The summed E-state index contributed by atoms with van der Waals surface area (Å²) in [6.45, 7) is 1.62. The second-order valence-electron chi connectivity index (χ2n) is 4.20. The van der Waals surface area contributed by atoms with Gasteiger partial charge in [-0.15, -0.1) is 0 Å². The number of halogens is 1. The van der Waals surface area contributed by atoms with Crippen LogP contribution >= 0.6 is 15.9 Å². The second-order valence-corrected chi connectivity index (χ2v) is 5.12. The predicted octanol–water partition coefficient (Wildman–Crippen LogP) is 2.41. The molecule has 0 saturated heterocycles. The molecule has 0 bridgehead atoms. The molecule has 0 aliphatic carbocycles. The molecular formula is C13H12BrNO3. The van der Waals surface area contributed by atoms with Gasteiger partial charge in [-0.05, 0) is 24.6 Å². The summed E-state index contributed by atoms with van der Waals surface area (Å²) in [6, 6.07) is 7.38. The molecule has 0 saturated carbocycles. The van der Waals surface area contributed by atoms with E-state index in [1.54, 1.807) is 6.92 Å². The number of carboxylic acids is 1. The van der Waals surface area contributed by atoms with Crippen molar-refractivity contribution in [2.75, 3.05) is 0 Å². The maximum Gasteiger partial charge on any atom is 0.333 e. The fourth-order valence-corrected chi connectivity index (χ4v) is 2.61. The minimum atomic E-state index is -0.988. The number of amides is 1. The van der Waals surface area contributed by atoms with E-state index in [1.807, 2.05) is 24.3 Å². The lowest BCUT2D eigenvalue weighted by Gasteiger charge is -2.25. The van der Waals surface area contributed by atoms with E-state index in [2.05, 4.69) is 21.2 Å². The standard InChI is InChI=1S/C13H12BrNO3/c1-7-12(13(17)18)10(6-11(16)15-7)8-3-2-4-9(14)5-8/h2-5,10H,6H2,1H3,(H,15,16)(H,17,18). The van der Waals surface area contributed by atoms with E-state index >= 15 is 0 Å². The van der Waals surface area contributed by atoms with E-state index in [4.69, 9.17) is 0 Å². The van der Waals surface area contributed by atoms with Crippen LogP contribution in [0.1, 0.15) is 24.8 Å². The van der Waals surface area contributed by atoms with Crippen molar-refractivity contribution in [3.05, 3.63) is 45.6 Å². The molecule has 0 spiro atoms. The average molecular weight is 310 g/mol. The Hall–Kier alpha value is -1.62. The first-order chi connectivity index (χ1) is 8.49. The molecule has 0 radical (unpaired) electrons. The highest BCUT2D eigenvalue weighted by molar-refractivity contribution is 9.10. The van der Waals surface area contributed by atoms with Crippen LogP contribution in [0.5, 0.6) is 0 Å². The van der Waals surface area contributed by atoms with Gasteiger partial charge in [0.2, 0.25) is 5.91 Å². The number of hydrogen-bond acceptors (Lipinski definition) is 2. The van der Waals surface area contributed by atoms with Gasteiger partial charge in [0.05, 0.1) is 5.57 Å². The highest BCUT2D eigenvalue weighted by Crippen LogP contribution is 2.33. The van der Waals surface area contributed by atoms with Crippen LogP contribution in [0, 0.1) is 0 Å². The maximum atomic E-state index is 11.6. The summed E-state index contributed by atoms with van der Waals surface area (Å²) in [4.78, 5) is 22.9. The van der Waals surface area contributed by atoms with Crippen LogP contribution in [0.2, 0.25) is 0 Å². The van der Waals surface area contributed by atoms with Crippen LogP contribution in [0.4, 0.5) is 0 Å². The number of allylic oxidation sites excluding steroid dienone is 1. The molecule has 1 aliphatic rings. The van der Waals surface area contributed by atoms with E-state index < -0.39 is 11.9 Å². The smallest absolute Gasteiger partial charge is 0.333 e. The third kappa shape index (κ3) is 2.46. The van der Waals surface area contributed by atoms with Crippen molar-refractivity contribution in [2.45, 2.75) is 19.3 Å². The van der Waals surface area contributed by atoms with Crippen molar-refractivity contribution in [3.63, 3.8) is 0 Å². The average Bonchev–Trinajstić information content (AvgIpc) is 2.27. The zero-order valence-corrected chi connectivity index (χ0v) is 11.3. The lowest BCUT2D eigenvalue weighted by molar-refractivity contribution is -0.133. The number of hydrogen-bond donors (Lipinski definition) is 2. The number of nitrogens with one attached hydrogen (secondary N) is 1. The van der Waals surface area contributed by atoms with Crippen LogP contribution in [-0.4, -0.2) is 17.0 Å². The first-order valence-electron chi connectivity index (χ1n) is 5.48. The van der Waals surface area contributed by atoms with Crippen LogP contribution in [-0.2, 0) is 9.59 Å². The molecule has 18 heavy (non-hydrogen) atoms. The van der Waals surface area contributed by atoms with Crippen LogP contribution in [0.3, 0.4) is 0 Å². The first-order valence-corrected chi connectivity index (χ1v) is 6.27. The molecule has 1 unspecified atom stereocenters. The summed E-state index contributed by atoms with van der Waals surface area (Å²) in [5, 5.41) is 11.8. The summed E-state index contributed by atoms with van der Waals surface area (Å²) in [6.07, 6.45) is 0.162. The van der Waals surface area contributed by atoms with Gasteiger partial charge in [-0.25, -0.2) is 4.79 Å². The van der Waals surface area contributed by atoms with E-state index in [9.17, 15) is 14.7 Å². The Balaban J connectivity index is 2.50. The number of carboxylic acid groups (broad SMARTS) is 1. The fourth-order valence-electron chi connectivity index (χ4n) is 2.19. The molecule has 94 valence electrons. The van der Waals surface area contributed by atoms with Gasteiger partial charge in [0, 0.05) is 22.5 Å². The van der Waals surface area contributed by atoms with Gasteiger partial charge in [-0.1, -0.05) is 28.1 Å². The van der Waals surface area contributed by atoms with Crippen molar-refractivity contribution < 1.29 is 14.7 Å². The number of carbonyl (C=O) groups excluding carboxylic acids is 1. The SMILES string of the molecule is CC1=C(C(=O)O)C(c2cccc(Br)c2)CC(=O)N1. The lowest BCUT2D eigenvalue weighted by Crippen LogP contribution is -2.33. The quantitative estimate of drug-likeness (QED) is 0.881. The monoisotopic (exact) mass is 309 g/mol. The molecular weight excluding hydrogens is 298 g/mol. The lowest BCUT2D eigenvalue weighted by atomic mass is 9.84. The summed E-state index contributed by atoms with van der Waals surface area (Å²) in [5.41, 5.74) is 1.51. The van der Waals surface area contributed by atoms with Crippen LogP contribution in [0.15, 0.2) is 40.0 Å². The molecule has 1 aliphatic heterocycles. The number of aliphatic carboxylic acids is 1. The molecule has 4 nitrogen and oxygen atoms in total. The minimum Gasteiger partial charge on any atom is -0.478 e.